The molecule has 7 nitrogen and oxygen atoms in total. The number of aliphatic hydroxyl groups excluding tert-OH is 1. The fourth-order valence-electron chi connectivity index (χ4n) is 2.97. The maximum absolute atomic E-state index is 10.2. The zero-order valence-electron chi connectivity index (χ0n) is 14.7. The van der Waals surface area contributed by atoms with Crippen molar-refractivity contribution in [2.75, 3.05) is 39.3 Å². The standard InChI is InChI=1S/C18H26N4O3/c1-15-19-18(20-25-15)12-22-9-7-21(8-10-22)11-17(23)14-24-13-16-5-3-2-4-6-16/h2-6,17,23H,7-14H2,1H3. The number of rotatable bonds is 8. The maximum atomic E-state index is 10.2. The first kappa shape index (κ1) is 18.0. The summed E-state index contributed by atoms with van der Waals surface area (Å²) in [6, 6.07) is 10.0. The average molecular weight is 346 g/mol. The Morgan fingerprint density at radius 1 is 1.16 bits per heavy atom. The molecule has 1 aromatic heterocycles. The fraction of sp³-hybridized carbons (Fsp3) is 0.556. The molecular weight excluding hydrogens is 320 g/mol. The highest BCUT2D eigenvalue weighted by molar-refractivity contribution is 5.13. The second kappa shape index (κ2) is 9.05. The van der Waals surface area contributed by atoms with Crippen LogP contribution in [0.15, 0.2) is 34.9 Å². The Morgan fingerprint density at radius 2 is 1.88 bits per heavy atom. The highest BCUT2D eigenvalue weighted by Gasteiger charge is 2.20. The van der Waals surface area contributed by atoms with Gasteiger partial charge < -0.3 is 14.4 Å². The summed E-state index contributed by atoms with van der Waals surface area (Å²) >= 11 is 0. The van der Waals surface area contributed by atoms with Gasteiger partial charge in [0.15, 0.2) is 5.82 Å². The Morgan fingerprint density at radius 3 is 2.56 bits per heavy atom. The predicted octanol–water partition coefficient (Wildman–Crippen LogP) is 1.07. The minimum Gasteiger partial charge on any atom is -0.389 e. The Balaban J connectivity index is 1.31. The summed E-state index contributed by atoms with van der Waals surface area (Å²) < 4.78 is 10.6. The van der Waals surface area contributed by atoms with Gasteiger partial charge in [-0.2, -0.15) is 4.98 Å². The largest absolute Gasteiger partial charge is 0.389 e. The molecule has 0 spiro atoms. The number of nitrogens with zero attached hydrogens (tertiary/aromatic N) is 4. The van der Waals surface area contributed by atoms with Gasteiger partial charge in [-0.1, -0.05) is 35.5 Å². The summed E-state index contributed by atoms with van der Waals surface area (Å²) in [4.78, 5) is 8.82. The van der Waals surface area contributed by atoms with E-state index in [0.29, 0.717) is 32.2 Å². The molecule has 1 N–H and O–H groups in total. The third-order valence-electron chi connectivity index (χ3n) is 4.29. The first-order valence-corrected chi connectivity index (χ1v) is 8.72. The Bertz CT molecular complexity index is 626. The minimum atomic E-state index is -0.463. The van der Waals surface area contributed by atoms with Crippen LogP contribution < -0.4 is 0 Å². The molecule has 0 bridgehead atoms. The molecule has 1 fully saturated rings. The van der Waals surface area contributed by atoms with Gasteiger partial charge in [-0.25, -0.2) is 0 Å². The van der Waals surface area contributed by atoms with E-state index in [-0.39, 0.29) is 0 Å². The number of aromatic nitrogens is 2. The van der Waals surface area contributed by atoms with E-state index in [1.54, 1.807) is 6.92 Å². The van der Waals surface area contributed by atoms with E-state index in [1.165, 1.54) is 0 Å². The van der Waals surface area contributed by atoms with E-state index in [4.69, 9.17) is 9.26 Å². The molecule has 1 aliphatic heterocycles. The van der Waals surface area contributed by atoms with Crippen LogP contribution in [0.1, 0.15) is 17.3 Å². The van der Waals surface area contributed by atoms with Crippen molar-refractivity contribution in [3.05, 3.63) is 47.6 Å². The van der Waals surface area contributed by atoms with Gasteiger partial charge >= 0.3 is 0 Å². The molecule has 0 saturated carbocycles. The van der Waals surface area contributed by atoms with E-state index in [0.717, 1.165) is 37.6 Å². The van der Waals surface area contributed by atoms with Crippen molar-refractivity contribution in [2.24, 2.45) is 0 Å². The summed E-state index contributed by atoms with van der Waals surface area (Å²) in [5, 5.41) is 14.1. The first-order chi connectivity index (χ1) is 12.2. The highest BCUT2D eigenvalue weighted by Crippen LogP contribution is 2.08. The maximum Gasteiger partial charge on any atom is 0.223 e. The lowest BCUT2D eigenvalue weighted by atomic mass is 10.2. The topological polar surface area (TPSA) is 74.9 Å². The summed E-state index contributed by atoms with van der Waals surface area (Å²) in [6.07, 6.45) is -0.463. The van der Waals surface area contributed by atoms with Crippen molar-refractivity contribution in [1.29, 1.82) is 0 Å². The Hall–Kier alpha value is -1.80. The quantitative estimate of drug-likeness (QED) is 0.766. The van der Waals surface area contributed by atoms with E-state index in [9.17, 15) is 5.11 Å². The lowest BCUT2D eigenvalue weighted by Gasteiger charge is -2.34. The summed E-state index contributed by atoms with van der Waals surface area (Å²) in [6.45, 7) is 7.77. The predicted molar refractivity (Wildman–Crippen MR) is 92.9 cm³/mol. The highest BCUT2D eigenvalue weighted by atomic mass is 16.5. The molecule has 1 aromatic carbocycles. The van der Waals surface area contributed by atoms with Gasteiger partial charge in [0.05, 0.1) is 25.9 Å². The third kappa shape index (κ3) is 5.89. The number of hydrogen-bond acceptors (Lipinski definition) is 7. The molecule has 1 atom stereocenters. The lowest BCUT2D eigenvalue weighted by molar-refractivity contribution is 0.000683. The van der Waals surface area contributed by atoms with Crippen molar-refractivity contribution >= 4 is 0 Å². The molecule has 1 saturated heterocycles. The number of benzene rings is 1. The molecule has 0 radical (unpaired) electrons. The number of hydrogen-bond donors (Lipinski definition) is 1. The van der Waals surface area contributed by atoms with Crippen molar-refractivity contribution < 1.29 is 14.4 Å². The van der Waals surface area contributed by atoms with Crippen LogP contribution in [0, 0.1) is 6.92 Å². The fourth-order valence-corrected chi connectivity index (χ4v) is 2.97. The number of aryl methyl sites for hydroxylation is 1. The zero-order chi connectivity index (χ0) is 17.5. The van der Waals surface area contributed by atoms with Gasteiger partial charge in [0.2, 0.25) is 5.89 Å². The van der Waals surface area contributed by atoms with Crippen molar-refractivity contribution in [1.82, 2.24) is 19.9 Å². The number of aliphatic hydroxyl groups is 1. The molecule has 7 heteroatoms. The molecule has 136 valence electrons. The first-order valence-electron chi connectivity index (χ1n) is 8.72. The van der Waals surface area contributed by atoms with Crippen LogP contribution in [0.2, 0.25) is 0 Å². The van der Waals surface area contributed by atoms with Crippen LogP contribution >= 0.6 is 0 Å². The van der Waals surface area contributed by atoms with Gasteiger partial charge in [0, 0.05) is 39.6 Å². The summed E-state index contributed by atoms with van der Waals surface area (Å²) in [7, 11) is 0. The normalized spacial score (nSPS) is 17.7. The van der Waals surface area contributed by atoms with Crippen LogP contribution in [-0.4, -0.2) is 70.5 Å². The monoisotopic (exact) mass is 346 g/mol. The van der Waals surface area contributed by atoms with Crippen LogP contribution in [-0.2, 0) is 17.9 Å². The second-order valence-corrected chi connectivity index (χ2v) is 6.46. The van der Waals surface area contributed by atoms with Gasteiger partial charge in [-0.3, -0.25) is 9.80 Å². The van der Waals surface area contributed by atoms with E-state index in [1.807, 2.05) is 30.3 Å². The van der Waals surface area contributed by atoms with Crippen molar-refractivity contribution in [2.45, 2.75) is 26.2 Å². The van der Waals surface area contributed by atoms with E-state index in [2.05, 4.69) is 19.9 Å². The lowest BCUT2D eigenvalue weighted by Crippen LogP contribution is -2.48. The number of β-amino-alcohol motifs (C(OH)–C–C–N with tert-alkyl or cyclic N) is 1. The van der Waals surface area contributed by atoms with E-state index >= 15 is 0 Å². The zero-order valence-corrected chi connectivity index (χ0v) is 14.7. The number of ether oxygens (including phenoxy) is 1. The molecule has 1 unspecified atom stereocenters. The minimum absolute atomic E-state index is 0.358. The molecular formula is C18H26N4O3. The van der Waals surface area contributed by atoms with Gasteiger partial charge in [0.1, 0.15) is 0 Å². The van der Waals surface area contributed by atoms with Gasteiger partial charge in [-0.15, -0.1) is 0 Å². The van der Waals surface area contributed by atoms with Crippen LogP contribution in [0.5, 0.6) is 0 Å². The Labute approximate surface area is 148 Å². The third-order valence-corrected chi connectivity index (χ3v) is 4.29. The van der Waals surface area contributed by atoms with Gasteiger partial charge in [0.25, 0.3) is 0 Å². The molecule has 0 amide bonds. The second-order valence-electron chi connectivity index (χ2n) is 6.46. The molecule has 2 heterocycles. The molecule has 1 aliphatic rings. The summed E-state index contributed by atoms with van der Waals surface area (Å²) in [5.41, 5.74) is 1.13. The molecule has 3 rings (SSSR count). The molecule has 25 heavy (non-hydrogen) atoms. The SMILES string of the molecule is Cc1nc(CN2CCN(CC(O)COCc3ccccc3)CC2)no1. The van der Waals surface area contributed by atoms with Crippen LogP contribution in [0.4, 0.5) is 0 Å². The molecule has 0 aliphatic carbocycles. The Kier molecular flexibility index (Phi) is 6.52. The van der Waals surface area contributed by atoms with Crippen molar-refractivity contribution in [3.8, 4) is 0 Å². The summed E-state index contributed by atoms with van der Waals surface area (Å²) in [5.74, 6) is 1.34. The van der Waals surface area contributed by atoms with E-state index < -0.39 is 6.10 Å². The van der Waals surface area contributed by atoms with Crippen molar-refractivity contribution in [3.63, 3.8) is 0 Å². The van der Waals surface area contributed by atoms with Crippen LogP contribution in [0.3, 0.4) is 0 Å². The van der Waals surface area contributed by atoms with Crippen LogP contribution in [0.25, 0.3) is 0 Å². The number of piperazine rings is 1. The van der Waals surface area contributed by atoms with Gasteiger partial charge in [-0.05, 0) is 5.56 Å². The average Bonchev–Trinajstić information content (AvgIpc) is 3.02. The molecule has 2 aromatic rings. The smallest absolute Gasteiger partial charge is 0.223 e.